The van der Waals surface area contributed by atoms with Gasteiger partial charge in [0.15, 0.2) is 0 Å². The van der Waals surface area contributed by atoms with Crippen molar-refractivity contribution in [2.75, 3.05) is 10.5 Å². The van der Waals surface area contributed by atoms with Gasteiger partial charge in [0.1, 0.15) is 4.90 Å². The number of anilines is 2. The second-order valence-electron chi connectivity index (χ2n) is 3.36. The lowest BCUT2D eigenvalue weighted by Gasteiger charge is -2.09. The van der Waals surface area contributed by atoms with E-state index in [1.807, 2.05) is 0 Å². The molecule has 1 aromatic heterocycles. The van der Waals surface area contributed by atoms with Crippen LogP contribution in [0, 0.1) is 0 Å². The summed E-state index contributed by atoms with van der Waals surface area (Å²) in [5.74, 6) is 0.0685. The molecule has 0 amide bonds. The van der Waals surface area contributed by atoms with Crippen LogP contribution in [0.1, 0.15) is 0 Å². The molecule has 0 spiro atoms. The van der Waals surface area contributed by atoms with Crippen molar-refractivity contribution in [3.8, 4) is 0 Å². The van der Waals surface area contributed by atoms with Crippen LogP contribution in [0.15, 0.2) is 29.4 Å². The average molecular weight is 307 g/mol. The molecule has 96 valence electrons. The highest BCUT2D eigenvalue weighted by atomic mass is 35.5. The van der Waals surface area contributed by atoms with Crippen LogP contribution in [-0.2, 0) is 10.0 Å². The molecule has 0 aliphatic heterocycles. The Kier molecular flexibility index (Phi) is 3.38. The number of nitrogens with one attached hydrogen (secondary N) is 2. The fourth-order valence-corrected chi connectivity index (χ4v) is 3.55. The first-order valence-electron chi connectivity index (χ1n) is 4.67. The Labute approximate surface area is 113 Å². The molecule has 0 atom stereocenters. The molecule has 0 fully saturated rings. The number of nitrogens with zero attached hydrogens (tertiary/aromatic N) is 1. The Balaban J connectivity index is 2.48. The first kappa shape index (κ1) is 13.0. The van der Waals surface area contributed by atoms with E-state index < -0.39 is 10.0 Å². The molecule has 2 aromatic rings. The summed E-state index contributed by atoms with van der Waals surface area (Å²) in [6.07, 6.45) is 2.88. The smallest absolute Gasteiger partial charge is 0.267 e. The Morgan fingerprint density at radius 2 is 1.89 bits per heavy atom. The molecule has 2 rings (SSSR count). The predicted molar refractivity (Wildman–Crippen MR) is 70.3 cm³/mol. The number of imidazole rings is 1. The first-order chi connectivity index (χ1) is 8.40. The Morgan fingerprint density at radius 3 is 2.39 bits per heavy atom. The summed E-state index contributed by atoms with van der Waals surface area (Å²) in [6.45, 7) is 0. The van der Waals surface area contributed by atoms with Gasteiger partial charge in [-0.25, -0.2) is 18.1 Å². The number of benzene rings is 1. The van der Waals surface area contributed by atoms with E-state index in [4.69, 9.17) is 28.9 Å². The standard InChI is InChI=1S/C9H8Cl2N4O2S/c10-6-3-5(12)4-7(11)8(6)18(16,17)15-9-13-1-2-14-9/h1-4H,12H2,(H2,13,14,15). The number of halogens is 2. The van der Waals surface area contributed by atoms with Gasteiger partial charge in [-0.05, 0) is 12.1 Å². The van der Waals surface area contributed by atoms with Crippen LogP contribution in [0.25, 0.3) is 0 Å². The summed E-state index contributed by atoms with van der Waals surface area (Å²) in [6, 6.07) is 2.62. The van der Waals surface area contributed by atoms with Crippen LogP contribution in [0.2, 0.25) is 10.0 Å². The summed E-state index contributed by atoms with van der Waals surface area (Å²) in [4.78, 5) is 6.11. The minimum Gasteiger partial charge on any atom is -0.399 e. The van der Waals surface area contributed by atoms with Crippen molar-refractivity contribution in [3.05, 3.63) is 34.6 Å². The van der Waals surface area contributed by atoms with Gasteiger partial charge in [-0.15, -0.1) is 0 Å². The van der Waals surface area contributed by atoms with Gasteiger partial charge in [-0.2, -0.15) is 0 Å². The van der Waals surface area contributed by atoms with Crippen LogP contribution >= 0.6 is 23.2 Å². The van der Waals surface area contributed by atoms with Gasteiger partial charge < -0.3 is 10.7 Å². The first-order valence-corrected chi connectivity index (χ1v) is 6.91. The third kappa shape index (κ3) is 2.53. The highest BCUT2D eigenvalue weighted by Crippen LogP contribution is 2.32. The van der Waals surface area contributed by atoms with E-state index in [0.29, 0.717) is 0 Å². The second-order valence-corrected chi connectivity index (χ2v) is 5.79. The molecule has 0 bridgehead atoms. The fraction of sp³-hybridized carbons (Fsp3) is 0. The van der Waals surface area contributed by atoms with Crippen molar-refractivity contribution < 1.29 is 8.42 Å². The Hall–Kier alpha value is -1.44. The molecular formula is C9H8Cl2N4O2S. The topological polar surface area (TPSA) is 101 Å². The van der Waals surface area contributed by atoms with Gasteiger partial charge in [-0.3, -0.25) is 0 Å². The maximum absolute atomic E-state index is 12.1. The SMILES string of the molecule is Nc1cc(Cl)c(S(=O)(=O)Nc2ncc[nH]2)c(Cl)c1. The molecule has 0 radical (unpaired) electrons. The molecule has 0 saturated heterocycles. The third-order valence-electron chi connectivity index (χ3n) is 2.02. The predicted octanol–water partition coefficient (Wildman–Crippen LogP) is 2.10. The molecule has 1 heterocycles. The zero-order valence-electron chi connectivity index (χ0n) is 8.81. The van der Waals surface area contributed by atoms with Crippen molar-refractivity contribution in [2.45, 2.75) is 4.90 Å². The van der Waals surface area contributed by atoms with E-state index >= 15 is 0 Å². The third-order valence-corrected chi connectivity index (χ3v) is 4.28. The van der Waals surface area contributed by atoms with E-state index in [0.717, 1.165) is 0 Å². The molecular weight excluding hydrogens is 299 g/mol. The fourth-order valence-electron chi connectivity index (χ4n) is 1.34. The molecule has 0 unspecified atom stereocenters. The van der Waals surface area contributed by atoms with E-state index in [1.54, 1.807) is 0 Å². The van der Waals surface area contributed by atoms with Crippen molar-refractivity contribution in [1.82, 2.24) is 9.97 Å². The van der Waals surface area contributed by atoms with E-state index in [9.17, 15) is 8.42 Å². The van der Waals surface area contributed by atoms with Gasteiger partial charge in [0.2, 0.25) is 5.95 Å². The van der Waals surface area contributed by atoms with Crippen LogP contribution < -0.4 is 10.5 Å². The molecule has 4 N–H and O–H groups in total. The number of aromatic nitrogens is 2. The van der Waals surface area contributed by atoms with Gasteiger partial charge in [0.25, 0.3) is 10.0 Å². The number of sulfonamides is 1. The van der Waals surface area contributed by atoms with Crippen molar-refractivity contribution >= 4 is 44.9 Å². The number of hydrogen-bond acceptors (Lipinski definition) is 4. The van der Waals surface area contributed by atoms with E-state index in [2.05, 4.69) is 14.7 Å². The van der Waals surface area contributed by atoms with Crippen LogP contribution in [0.4, 0.5) is 11.6 Å². The Bertz CT molecular complexity index is 647. The molecule has 0 saturated carbocycles. The van der Waals surface area contributed by atoms with Crippen molar-refractivity contribution in [2.24, 2.45) is 0 Å². The lowest BCUT2D eigenvalue weighted by atomic mass is 10.3. The largest absolute Gasteiger partial charge is 0.399 e. The van der Waals surface area contributed by atoms with Crippen molar-refractivity contribution in [1.29, 1.82) is 0 Å². The van der Waals surface area contributed by atoms with Gasteiger partial charge in [0.05, 0.1) is 10.0 Å². The summed E-state index contributed by atoms with van der Waals surface area (Å²) >= 11 is 11.7. The number of rotatable bonds is 3. The zero-order valence-corrected chi connectivity index (χ0v) is 11.1. The Morgan fingerprint density at radius 1 is 1.28 bits per heavy atom. The maximum atomic E-state index is 12.1. The van der Waals surface area contributed by atoms with Gasteiger partial charge >= 0.3 is 0 Å². The minimum absolute atomic E-state index is 0.0564. The zero-order chi connectivity index (χ0) is 13.3. The number of aromatic amines is 1. The van der Waals surface area contributed by atoms with Gasteiger partial charge in [-0.1, -0.05) is 23.2 Å². The van der Waals surface area contributed by atoms with E-state index in [-0.39, 0.29) is 26.6 Å². The molecule has 1 aromatic carbocycles. The highest BCUT2D eigenvalue weighted by molar-refractivity contribution is 7.93. The second kappa shape index (κ2) is 4.68. The molecule has 0 aliphatic carbocycles. The molecule has 18 heavy (non-hydrogen) atoms. The molecule has 9 heteroatoms. The quantitative estimate of drug-likeness (QED) is 0.756. The minimum atomic E-state index is -3.92. The van der Waals surface area contributed by atoms with E-state index in [1.165, 1.54) is 24.5 Å². The summed E-state index contributed by atoms with van der Waals surface area (Å²) in [5, 5.41) is -0.113. The summed E-state index contributed by atoms with van der Waals surface area (Å²) in [5.41, 5.74) is 5.78. The van der Waals surface area contributed by atoms with Crippen LogP contribution in [-0.4, -0.2) is 18.4 Å². The number of nitrogen functional groups attached to an aromatic ring is 1. The maximum Gasteiger partial charge on any atom is 0.267 e. The van der Waals surface area contributed by atoms with Crippen LogP contribution in [0.3, 0.4) is 0 Å². The summed E-state index contributed by atoms with van der Waals surface area (Å²) in [7, 11) is -3.92. The number of H-pyrrole nitrogens is 1. The lowest BCUT2D eigenvalue weighted by molar-refractivity contribution is 0.601. The summed E-state index contributed by atoms with van der Waals surface area (Å²) < 4.78 is 26.4. The average Bonchev–Trinajstić information content (AvgIpc) is 2.66. The highest BCUT2D eigenvalue weighted by Gasteiger charge is 2.23. The molecule has 0 aliphatic rings. The monoisotopic (exact) mass is 306 g/mol. The van der Waals surface area contributed by atoms with Crippen LogP contribution in [0.5, 0.6) is 0 Å². The normalized spacial score (nSPS) is 11.4. The van der Waals surface area contributed by atoms with Crippen molar-refractivity contribution in [3.63, 3.8) is 0 Å². The number of hydrogen-bond donors (Lipinski definition) is 3. The lowest BCUT2D eigenvalue weighted by Crippen LogP contribution is -2.15. The van der Waals surface area contributed by atoms with Gasteiger partial charge in [0, 0.05) is 18.1 Å². The number of nitrogens with two attached hydrogens (primary N) is 1. The molecule has 6 nitrogen and oxygen atoms in total.